The van der Waals surface area contributed by atoms with E-state index in [9.17, 15) is 0 Å². The van der Waals surface area contributed by atoms with Gasteiger partial charge < -0.3 is 15.2 Å². The average Bonchev–Trinajstić information content (AvgIpc) is 2.48. The third-order valence-electron chi connectivity index (χ3n) is 3.09. The number of ether oxygens (including phenoxy) is 2. The molecule has 2 aromatic rings. The second-order valence-electron chi connectivity index (χ2n) is 4.94. The van der Waals surface area contributed by atoms with Crippen LogP contribution in [0.25, 0.3) is 0 Å². The minimum Gasteiger partial charge on any atom is -0.439 e. The molecular formula is C17H22N2O2. The average molecular weight is 286 g/mol. The van der Waals surface area contributed by atoms with E-state index >= 15 is 0 Å². The maximum Gasteiger partial charge on any atom is 0.219 e. The van der Waals surface area contributed by atoms with Crippen LogP contribution in [0.1, 0.15) is 30.2 Å². The lowest BCUT2D eigenvalue weighted by Crippen LogP contribution is -2.01. The molecule has 0 bridgehead atoms. The molecule has 4 nitrogen and oxygen atoms in total. The maximum atomic E-state index is 5.87. The van der Waals surface area contributed by atoms with Crippen molar-refractivity contribution in [2.24, 2.45) is 5.73 Å². The summed E-state index contributed by atoms with van der Waals surface area (Å²) in [5.41, 5.74) is 8.86. The smallest absolute Gasteiger partial charge is 0.219 e. The number of methoxy groups -OCH3 is 1. The molecule has 112 valence electrons. The molecule has 4 heteroatoms. The minimum absolute atomic E-state index is 0.485. The summed E-state index contributed by atoms with van der Waals surface area (Å²) in [5, 5.41) is 0. The molecule has 0 radical (unpaired) electrons. The van der Waals surface area contributed by atoms with Crippen molar-refractivity contribution in [2.75, 3.05) is 7.11 Å². The maximum absolute atomic E-state index is 5.87. The second kappa shape index (κ2) is 7.76. The van der Waals surface area contributed by atoms with Gasteiger partial charge >= 0.3 is 0 Å². The zero-order valence-corrected chi connectivity index (χ0v) is 12.6. The zero-order valence-electron chi connectivity index (χ0n) is 12.6. The molecule has 1 aromatic heterocycles. The number of benzene rings is 1. The van der Waals surface area contributed by atoms with Crippen molar-refractivity contribution in [1.82, 2.24) is 4.98 Å². The van der Waals surface area contributed by atoms with Crippen LogP contribution >= 0.6 is 0 Å². The molecule has 2 N–H and O–H groups in total. The summed E-state index contributed by atoms with van der Waals surface area (Å²) in [6.45, 7) is 3.18. The molecule has 1 heterocycles. The van der Waals surface area contributed by atoms with Crippen molar-refractivity contribution < 1.29 is 9.47 Å². The highest BCUT2D eigenvalue weighted by molar-refractivity contribution is 5.33. The van der Waals surface area contributed by atoms with Crippen LogP contribution < -0.4 is 10.5 Å². The van der Waals surface area contributed by atoms with Gasteiger partial charge in [0, 0.05) is 25.4 Å². The van der Waals surface area contributed by atoms with Crippen molar-refractivity contribution in [2.45, 2.75) is 32.9 Å². The fourth-order valence-electron chi connectivity index (χ4n) is 2.16. The Kier molecular flexibility index (Phi) is 5.72. The van der Waals surface area contributed by atoms with E-state index < -0.39 is 0 Å². The summed E-state index contributed by atoms with van der Waals surface area (Å²) < 4.78 is 11.0. The fourth-order valence-corrected chi connectivity index (χ4v) is 2.16. The molecule has 0 atom stereocenters. The van der Waals surface area contributed by atoms with Gasteiger partial charge in [-0.1, -0.05) is 25.5 Å². The van der Waals surface area contributed by atoms with Crippen LogP contribution in [0.15, 0.2) is 36.4 Å². The van der Waals surface area contributed by atoms with Crippen LogP contribution in [0, 0.1) is 0 Å². The van der Waals surface area contributed by atoms with E-state index in [1.54, 1.807) is 7.11 Å². The first-order chi connectivity index (χ1) is 10.2. The molecule has 0 aliphatic heterocycles. The number of hydrogen-bond donors (Lipinski definition) is 1. The Morgan fingerprint density at radius 1 is 1.14 bits per heavy atom. The van der Waals surface area contributed by atoms with Crippen molar-refractivity contribution in [1.29, 1.82) is 0 Å². The molecular weight excluding hydrogens is 264 g/mol. The van der Waals surface area contributed by atoms with Gasteiger partial charge in [-0.2, -0.15) is 0 Å². The highest BCUT2D eigenvalue weighted by Gasteiger charge is 2.05. The number of hydrogen-bond acceptors (Lipinski definition) is 4. The van der Waals surface area contributed by atoms with Gasteiger partial charge in [0.15, 0.2) is 0 Å². The molecule has 0 aliphatic rings. The van der Waals surface area contributed by atoms with Crippen molar-refractivity contribution in [3.05, 3.63) is 53.2 Å². The number of nitrogens with zero attached hydrogens (tertiary/aromatic N) is 1. The Labute approximate surface area is 125 Å². The van der Waals surface area contributed by atoms with Gasteiger partial charge in [-0.05, 0) is 35.7 Å². The van der Waals surface area contributed by atoms with Gasteiger partial charge in [-0.15, -0.1) is 0 Å². The number of aryl methyl sites for hydroxylation is 1. The van der Waals surface area contributed by atoms with Crippen molar-refractivity contribution >= 4 is 0 Å². The van der Waals surface area contributed by atoms with Gasteiger partial charge in [0.05, 0.1) is 6.61 Å². The third kappa shape index (κ3) is 4.55. The Bertz CT molecular complexity index is 585. The molecule has 1 aromatic carbocycles. The van der Waals surface area contributed by atoms with E-state index in [1.807, 2.05) is 36.4 Å². The SMILES string of the molecule is CCCc1cc(CN)cc(Oc2cccc(COC)c2)n1. The van der Waals surface area contributed by atoms with Gasteiger partial charge in [-0.3, -0.25) is 0 Å². The van der Waals surface area contributed by atoms with Gasteiger partial charge in [0.1, 0.15) is 5.75 Å². The van der Waals surface area contributed by atoms with E-state index in [2.05, 4.69) is 11.9 Å². The van der Waals surface area contributed by atoms with Crippen LogP contribution in [0.5, 0.6) is 11.6 Å². The summed E-state index contributed by atoms with van der Waals surface area (Å²) >= 11 is 0. The molecule has 0 fully saturated rings. The molecule has 0 aliphatic carbocycles. The van der Waals surface area contributed by atoms with E-state index in [0.29, 0.717) is 19.0 Å². The molecule has 0 unspecified atom stereocenters. The quantitative estimate of drug-likeness (QED) is 0.847. The third-order valence-corrected chi connectivity index (χ3v) is 3.09. The lowest BCUT2D eigenvalue weighted by Gasteiger charge is -2.10. The zero-order chi connectivity index (χ0) is 15.1. The van der Waals surface area contributed by atoms with Crippen LogP contribution in [0.3, 0.4) is 0 Å². The van der Waals surface area contributed by atoms with E-state index in [0.717, 1.165) is 35.4 Å². The van der Waals surface area contributed by atoms with E-state index in [4.69, 9.17) is 15.2 Å². The summed E-state index contributed by atoms with van der Waals surface area (Å²) in [6, 6.07) is 11.8. The molecule has 0 amide bonds. The summed E-state index contributed by atoms with van der Waals surface area (Å²) in [4.78, 5) is 4.53. The molecule has 0 saturated carbocycles. The van der Waals surface area contributed by atoms with E-state index in [-0.39, 0.29) is 0 Å². The van der Waals surface area contributed by atoms with Crippen LogP contribution in [0.2, 0.25) is 0 Å². The monoisotopic (exact) mass is 286 g/mol. The van der Waals surface area contributed by atoms with Gasteiger partial charge in [0.25, 0.3) is 0 Å². The molecule has 21 heavy (non-hydrogen) atoms. The number of rotatable bonds is 7. The van der Waals surface area contributed by atoms with Crippen molar-refractivity contribution in [3.8, 4) is 11.6 Å². The summed E-state index contributed by atoms with van der Waals surface area (Å²) in [7, 11) is 1.68. The number of aromatic nitrogens is 1. The number of pyridine rings is 1. The summed E-state index contributed by atoms with van der Waals surface area (Å²) in [6.07, 6.45) is 1.97. The first kappa shape index (κ1) is 15.5. The lowest BCUT2D eigenvalue weighted by atomic mass is 10.1. The minimum atomic E-state index is 0.485. The van der Waals surface area contributed by atoms with Crippen LogP contribution in [-0.2, 0) is 24.3 Å². The predicted octanol–water partition coefficient (Wildman–Crippen LogP) is 3.43. The largest absolute Gasteiger partial charge is 0.439 e. The lowest BCUT2D eigenvalue weighted by molar-refractivity contribution is 0.184. The normalized spacial score (nSPS) is 10.6. The fraction of sp³-hybridized carbons (Fsp3) is 0.353. The summed E-state index contributed by atoms with van der Waals surface area (Å²) in [5.74, 6) is 1.35. The molecule has 0 saturated heterocycles. The van der Waals surface area contributed by atoms with Crippen LogP contribution in [-0.4, -0.2) is 12.1 Å². The Balaban J connectivity index is 2.21. The topological polar surface area (TPSA) is 57.4 Å². The van der Waals surface area contributed by atoms with Gasteiger partial charge in [-0.25, -0.2) is 4.98 Å². The first-order valence-corrected chi connectivity index (χ1v) is 7.20. The highest BCUT2D eigenvalue weighted by Crippen LogP contribution is 2.23. The number of nitrogens with two attached hydrogens (primary N) is 1. The van der Waals surface area contributed by atoms with Gasteiger partial charge in [0.2, 0.25) is 5.88 Å². The Morgan fingerprint density at radius 3 is 2.71 bits per heavy atom. The Hall–Kier alpha value is -1.91. The standard InChI is InChI=1S/C17H22N2O2/c1-3-5-15-8-14(11-18)10-17(19-15)21-16-7-4-6-13(9-16)12-20-2/h4,6-10H,3,5,11-12,18H2,1-2H3. The van der Waals surface area contributed by atoms with E-state index in [1.165, 1.54) is 0 Å². The first-order valence-electron chi connectivity index (χ1n) is 7.20. The predicted molar refractivity (Wildman–Crippen MR) is 83.4 cm³/mol. The van der Waals surface area contributed by atoms with Crippen molar-refractivity contribution in [3.63, 3.8) is 0 Å². The van der Waals surface area contributed by atoms with Crippen LogP contribution in [0.4, 0.5) is 0 Å². The molecule has 0 spiro atoms. The highest BCUT2D eigenvalue weighted by atomic mass is 16.5. The molecule has 2 rings (SSSR count). The second-order valence-corrected chi connectivity index (χ2v) is 4.94. The Morgan fingerprint density at radius 2 is 2.00 bits per heavy atom.